The van der Waals surface area contributed by atoms with Gasteiger partial charge >= 0.3 is 11.9 Å². The van der Waals surface area contributed by atoms with Gasteiger partial charge in [0, 0.05) is 5.57 Å². The predicted octanol–water partition coefficient (Wildman–Crippen LogP) is 0.489. The van der Waals surface area contributed by atoms with E-state index < -0.39 is 23.5 Å². The van der Waals surface area contributed by atoms with Gasteiger partial charge in [0.1, 0.15) is 0 Å². The van der Waals surface area contributed by atoms with E-state index in [2.05, 4.69) is 0 Å². The molecule has 14 heavy (non-hydrogen) atoms. The first kappa shape index (κ1) is 12.6. The summed E-state index contributed by atoms with van der Waals surface area (Å²) in [6.07, 6.45) is -0.299. The number of carboxylic acids is 2. The number of rotatable bonds is 4. The zero-order valence-corrected chi connectivity index (χ0v) is 8.31. The number of carbonyl (C=O) groups is 2. The lowest BCUT2D eigenvalue weighted by Gasteiger charge is -2.23. The Bertz CT molecular complexity index is 277. The summed E-state index contributed by atoms with van der Waals surface area (Å²) in [4.78, 5) is 21.1. The summed E-state index contributed by atoms with van der Waals surface area (Å²) in [5, 5.41) is 26.7. The van der Waals surface area contributed by atoms with E-state index in [0.717, 1.165) is 6.08 Å². The maximum atomic E-state index is 10.7. The molecule has 0 aliphatic heterocycles. The molecular weight excluding hydrogens is 188 g/mol. The highest BCUT2D eigenvalue weighted by Gasteiger charge is 2.34. The highest BCUT2D eigenvalue weighted by atomic mass is 16.4. The van der Waals surface area contributed by atoms with Gasteiger partial charge in [0.2, 0.25) is 0 Å². The van der Waals surface area contributed by atoms with E-state index in [0.29, 0.717) is 0 Å². The average Bonchev–Trinajstić information content (AvgIpc) is 2.03. The van der Waals surface area contributed by atoms with Crippen LogP contribution in [0.4, 0.5) is 0 Å². The highest BCUT2D eigenvalue weighted by molar-refractivity contribution is 5.86. The van der Waals surface area contributed by atoms with Crippen LogP contribution in [0.15, 0.2) is 11.6 Å². The molecule has 5 nitrogen and oxygen atoms in total. The van der Waals surface area contributed by atoms with Crippen LogP contribution in [0.25, 0.3) is 0 Å². The minimum atomic E-state index is -1.39. The summed E-state index contributed by atoms with van der Waals surface area (Å²) in [6, 6.07) is 0. The van der Waals surface area contributed by atoms with E-state index in [1.807, 2.05) is 0 Å². The Labute approximate surface area is 81.7 Å². The molecule has 0 aromatic heterocycles. The van der Waals surface area contributed by atoms with Crippen molar-refractivity contribution in [2.45, 2.75) is 26.9 Å². The quantitative estimate of drug-likeness (QED) is 0.576. The Morgan fingerprint density at radius 2 is 1.71 bits per heavy atom. The Kier molecular flexibility index (Phi) is 3.82. The van der Waals surface area contributed by atoms with Crippen LogP contribution in [-0.4, -0.2) is 33.4 Å². The minimum absolute atomic E-state index is 0.0770. The molecule has 0 aromatic carbocycles. The number of hydrogen-bond donors (Lipinski definition) is 3. The number of aliphatic hydroxyl groups excluding tert-OH is 1. The molecule has 5 heteroatoms. The highest BCUT2D eigenvalue weighted by Crippen LogP contribution is 2.22. The molecule has 0 heterocycles. The molecule has 0 fully saturated rings. The van der Waals surface area contributed by atoms with Crippen molar-refractivity contribution in [2.75, 3.05) is 0 Å². The Hall–Kier alpha value is -1.36. The van der Waals surface area contributed by atoms with E-state index in [1.54, 1.807) is 0 Å². The van der Waals surface area contributed by atoms with Gasteiger partial charge in [-0.15, -0.1) is 0 Å². The summed E-state index contributed by atoms with van der Waals surface area (Å²) in [7, 11) is 0. The van der Waals surface area contributed by atoms with E-state index in [1.165, 1.54) is 20.8 Å². The van der Waals surface area contributed by atoms with Crippen LogP contribution in [0, 0.1) is 5.41 Å². The molecule has 3 N–H and O–H groups in total. The van der Waals surface area contributed by atoms with Gasteiger partial charge in [0.15, 0.2) is 0 Å². The van der Waals surface area contributed by atoms with Crippen molar-refractivity contribution in [1.82, 2.24) is 0 Å². The third-order valence-electron chi connectivity index (χ3n) is 2.04. The Balaban J connectivity index is 4.81. The monoisotopic (exact) mass is 202 g/mol. The lowest BCUT2D eigenvalue weighted by Crippen LogP contribution is -2.36. The molecule has 0 bridgehead atoms. The van der Waals surface area contributed by atoms with Gasteiger partial charge in [-0.25, -0.2) is 4.79 Å². The van der Waals surface area contributed by atoms with Gasteiger partial charge in [-0.1, -0.05) is 0 Å². The fourth-order valence-corrected chi connectivity index (χ4v) is 0.643. The first-order valence-corrected chi connectivity index (χ1v) is 4.02. The maximum Gasteiger partial charge on any atom is 0.331 e. The van der Waals surface area contributed by atoms with Crippen molar-refractivity contribution in [3.05, 3.63) is 11.6 Å². The molecule has 0 aliphatic carbocycles. The molecule has 0 aliphatic rings. The third kappa shape index (κ3) is 2.85. The number of carboxylic acid groups (broad SMARTS) is 2. The molecule has 0 amide bonds. The van der Waals surface area contributed by atoms with Gasteiger partial charge in [0.05, 0.1) is 11.5 Å². The topological polar surface area (TPSA) is 94.8 Å². The zero-order chi connectivity index (χ0) is 11.5. The van der Waals surface area contributed by atoms with Crippen molar-refractivity contribution < 1.29 is 24.9 Å². The van der Waals surface area contributed by atoms with Crippen LogP contribution in [0.3, 0.4) is 0 Å². The second kappa shape index (κ2) is 4.23. The largest absolute Gasteiger partial charge is 0.481 e. The Morgan fingerprint density at radius 3 is 2.00 bits per heavy atom. The van der Waals surface area contributed by atoms with Gasteiger partial charge in [-0.05, 0) is 26.8 Å². The summed E-state index contributed by atoms with van der Waals surface area (Å²) < 4.78 is 0. The molecule has 1 atom stereocenters. The molecule has 0 radical (unpaired) electrons. The summed E-state index contributed by atoms with van der Waals surface area (Å²) in [5.74, 6) is -2.36. The normalized spacial score (nSPS) is 15.0. The lowest BCUT2D eigenvalue weighted by molar-refractivity contribution is -0.151. The fraction of sp³-hybridized carbons (Fsp3) is 0.556. The smallest absolute Gasteiger partial charge is 0.331 e. The molecule has 80 valence electrons. The number of hydrogen-bond acceptors (Lipinski definition) is 3. The zero-order valence-electron chi connectivity index (χ0n) is 8.31. The van der Waals surface area contributed by atoms with Crippen LogP contribution < -0.4 is 0 Å². The first-order chi connectivity index (χ1) is 6.19. The van der Waals surface area contributed by atoms with Gasteiger partial charge in [-0.3, -0.25) is 4.79 Å². The van der Waals surface area contributed by atoms with Crippen LogP contribution in [0.5, 0.6) is 0 Å². The molecule has 0 saturated carbocycles. The van der Waals surface area contributed by atoms with Crippen molar-refractivity contribution in [3.8, 4) is 0 Å². The summed E-state index contributed by atoms with van der Waals surface area (Å²) in [5.41, 5.74) is -1.47. The molecule has 0 saturated heterocycles. The van der Waals surface area contributed by atoms with Crippen molar-refractivity contribution >= 4 is 11.9 Å². The number of aliphatic carboxylic acids is 2. The van der Waals surface area contributed by atoms with Gasteiger partial charge < -0.3 is 15.3 Å². The lowest BCUT2D eigenvalue weighted by atomic mass is 9.86. The van der Waals surface area contributed by atoms with E-state index in [-0.39, 0.29) is 5.57 Å². The molecule has 0 aromatic rings. The van der Waals surface area contributed by atoms with Gasteiger partial charge in [0.25, 0.3) is 0 Å². The van der Waals surface area contributed by atoms with E-state index >= 15 is 0 Å². The van der Waals surface area contributed by atoms with Gasteiger partial charge in [-0.2, -0.15) is 0 Å². The van der Waals surface area contributed by atoms with Crippen molar-refractivity contribution in [3.63, 3.8) is 0 Å². The SMILES string of the molecule is CC(=CC(O)C(C)(C)C(=O)O)C(=O)O. The molecule has 1 unspecified atom stereocenters. The molecule has 0 rings (SSSR count). The van der Waals surface area contributed by atoms with Crippen LogP contribution in [-0.2, 0) is 9.59 Å². The van der Waals surface area contributed by atoms with Crippen molar-refractivity contribution in [1.29, 1.82) is 0 Å². The first-order valence-electron chi connectivity index (χ1n) is 4.02. The summed E-state index contributed by atoms with van der Waals surface area (Å²) in [6.45, 7) is 3.95. The number of aliphatic hydroxyl groups is 1. The summed E-state index contributed by atoms with van der Waals surface area (Å²) >= 11 is 0. The second-order valence-electron chi connectivity index (χ2n) is 3.63. The van der Waals surface area contributed by atoms with E-state index in [4.69, 9.17) is 10.2 Å². The molecule has 0 spiro atoms. The van der Waals surface area contributed by atoms with Crippen molar-refractivity contribution in [2.24, 2.45) is 5.41 Å². The van der Waals surface area contributed by atoms with Crippen LogP contribution in [0.2, 0.25) is 0 Å². The standard InChI is InChI=1S/C9H14O5/c1-5(7(11)12)4-6(10)9(2,3)8(13)14/h4,6,10H,1-3H3,(H,11,12)(H,13,14). The van der Waals surface area contributed by atoms with Crippen LogP contribution >= 0.6 is 0 Å². The fourth-order valence-electron chi connectivity index (χ4n) is 0.643. The minimum Gasteiger partial charge on any atom is -0.481 e. The second-order valence-corrected chi connectivity index (χ2v) is 3.63. The third-order valence-corrected chi connectivity index (χ3v) is 2.04. The van der Waals surface area contributed by atoms with E-state index in [9.17, 15) is 14.7 Å². The average molecular weight is 202 g/mol. The molecular formula is C9H14O5. The Morgan fingerprint density at radius 1 is 1.29 bits per heavy atom. The van der Waals surface area contributed by atoms with Crippen LogP contribution in [0.1, 0.15) is 20.8 Å². The maximum absolute atomic E-state index is 10.7. The predicted molar refractivity (Wildman–Crippen MR) is 48.8 cm³/mol.